The number of ether oxygens (including phenoxy) is 2. The van der Waals surface area contributed by atoms with Gasteiger partial charge in [-0.15, -0.1) is 0 Å². The fourth-order valence-corrected chi connectivity index (χ4v) is 0.913. The molecule has 0 saturated carbocycles. The van der Waals surface area contributed by atoms with Crippen LogP contribution in [0.5, 0.6) is 5.75 Å². The third-order valence-electron chi connectivity index (χ3n) is 1.66. The van der Waals surface area contributed by atoms with Crippen molar-refractivity contribution in [3.63, 3.8) is 0 Å². The zero-order valence-electron chi connectivity index (χ0n) is 8.62. The number of rotatable bonds is 4. The van der Waals surface area contributed by atoms with Crippen molar-refractivity contribution in [2.24, 2.45) is 0 Å². The van der Waals surface area contributed by atoms with Gasteiger partial charge in [0.2, 0.25) is 0 Å². The molecule has 1 aromatic rings. The van der Waals surface area contributed by atoms with Gasteiger partial charge in [0.05, 0.1) is 18.5 Å². The molecule has 0 aliphatic heterocycles. The SMILES string of the molecule is CCOC(=O)COc1cnc(C)c(F)c1. The Bertz CT molecular complexity index is 355. The van der Waals surface area contributed by atoms with Crippen LogP contribution in [-0.4, -0.2) is 24.2 Å². The molecule has 5 heteroatoms. The zero-order chi connectivity index (χ0) is 11.3. The van der Waals surface area contributed by atoms with Crippen molar-refractivity contribution >= 4 is 5.97 Å². The Morgan fingerprint density at radius 3 is 2.93 bits per heavy atom. The Kier molecular flexibility index (Phi) is 4.03. The van der Waals surface area contributed by atoms with Crippen LogP contribution in [0.1, 0.15) is 12.6 Å². The van der Waals surface area contributed by atoms with Gasteiger partial charge >= 0.3 is 5.97 Å². The van der Waals surface area contributed by atoms with E-state index in [0.29, 0.717) is 12.3 Å². The van der Waals surface area contributed by atoms with E-state index in [-0.39, 0.29) is 12.4 Å². The topological polar surface area (TPSA) is 48.4 Å². The summed E-state index contributed by atoms with van der Waals surface area (Å²) in [6, 6.07) is 1.18. The van der Waals surface area contributed by atoms with E-state index >= 15 is 0 Å². The Morgan fingerprint density at radius 2 is 2.33 bits per heavy atom. The molecule has 0 atom stereocenters. The van der Waals surface area contributed by atoms with Crippen LogP contribution < -0.4 is 4.74 Å². The molecule has 0 aromatic carbocycles. The third-order valence-corrected chi connectivity index (χ3v) is 1.66. The Balaban J connectivity index is 2.51. The number of pyridine rings is 1. The lowest BCUT2D eigenvalue weighted by molar-refractivity contribution is -0.145. The molecule has 0 radical (unpaired) electrons. The van der Waals surface area contributed by atoms with Gasteiger partial charge in [-0.3, -0.25) is 4.98 Å². The standard InChI is InChI=1S/C10H12FNO3/c1-3-14-10(13)6-15-8-4-9(11)7(2)12-5-8/h4-5H,3,6H2,1-2H3. The van der Waals surface area contributed by atoms with Crippen LogP contribution >= 0.6 is 0 Å². The minimum atomic E-state index is -0.488. The van der Waals surface area contributed by atoms with Crippen molar-refractivity contribution in [2.75, 3.05) is 13.2 Å². The van der Waals surface area contributed by atoms with Gasteiger partial charge in [-0.05, 0) is 13.8 Å². The first kappa shape index (κ1) is 11.4. The summed E-state index contributed by atoms with van der Waals surface area (Å²) in [4.78, 5) is 14.7. The number of halogens is 1. The van der Waals surface area contributed by atoms with E-state index in [1.165, 1.54) is 12.3 Å². The molecule has 0 spiro atoms. The van der Waals surface area contributed by atoms with Gasteiger partial charge in [-0.2, -0.15) is 0 Å². The average Bonchev–Trinajstić information content (AvgIpc) is 2.20. The second-order valence-corrected chi connectivity index (χ2v) is 2.83. The van der Waals surface area contributed by atoms with E-state index in [2.05, 4.69) is 9.72 Å². The van der Waals surface area contributed by atoms with Crippen LogP contribution in [0.3, 0.4) is 0 Å². The van der Waals surface area contributed by atoms with Gasteiger partial charge in [0.15, 0.2) is 6.61 Å². The second-order valence-electron chi connectivity index (χ2n) is 2.83. The maximum absolute atomic E-state index is 13.0. The summed E-state index contributed by atoms with van der Waals surface area (Å²) in [5.74, 6) is -0.735. The predicted octanol–water partition coefficient (Wildman–Crippen LogP) is 1.47. The van der Waals surface area contributed by atoms with Crippen molar-refractivity contribution in [1.29, 1.82) is 0 Å². The summed E-state index contributed by atoms with van der Waals surface area (Å²) in [6.45, 7) is 3.30. The van der Waals surface area contributed by atoms with Crippen molar-refractivity contribution in [3.05, 3.63) is 23.8 Å². The average molecular weight is 213 g/mol. The van der Waals surface area contributed by atoms with Crippen LogP contribution in [0.15, 0.2) is 12.3 Å². The van der Waals surface area contributed by atoms with Gasteiger partial charge in [0.1, 0.15) is 11.6 Å². The smallest absolute Gasteiger partial charge is 0.344 e. The van der Waals surface area contributed by atoms with Crippen molar-refractivity contribution in [2.45, 2.75) is 13.8 Å². The van der Waals surface area contributed by atoms with Gasteiger partial charge < -0.3 is 9.47 Å². The first-order chi connectivity index (χ1) is 7.13. The van der Waals surface area contributed by atoms with E-state index in [4.69, 9.17) is 4.74 Å². The van der Waals surface area contributed by atoms with Crippen molar-refractivity contribution in [3.8, 4) is 5.75 Å². The first-order valence-corrected chi connectivity index (χ1v) is 4.54. The highest BCUT2D eigenvalue weighted by Crippen LogP contribution is 2.12. The largest absolute Gasteiger partial charge is 0.480 e. The van der Waals surface area contributed by atoms with Crippen LogP contribution in [0.25, 0.3) is 0 Å². The fourth-order valence-electron chi connectivity index (χ4n) is 0.913. The number of nitrogens with zero attached hydrogens (tertiary/aromatic N) is 1. The maximum atomic E-state index is 13.0. The molecule has 0 fully saturated rings. The number of carbonyl (C=O) groups is 1. The lowest BCUT2D eigenvalue weighted by Crippen LogP contribution is -2.14. The van der Waals surface area contributed by atoms with Crippen LogP contribution in [0.2, 0.25) is 0 Å². The summed E-state index contributed by atoms with van der Waals surface area (Å²) >= 11 is 0. The molecule has 15 heavy (non-hydrogen) atoms. The number of hydrogen-bond acceptors (Lipinski definition) is 4. The van der Waals surface area contributed by atoms with Crippen molar-refractivity contribution < 1.29 is 18.7 Å². The van der Waals surface area contributed by atoms with E-state index in [1.54, 1.807) is 13.8 Å². The monoisotopic (exact) mass is 213 g/mol. The fraction of sp³-hybridized carbons (Fsp3) is 0.400. The molecular weight excluding hydrogens is 201 g/mol. The lowest BCUT2D eigenvalue weighted by Gasteiger charge is -2.05. The third kappa shape index (κ3) is 3.53. The molecule has 82 valence electrons. The second kappa shape index (κ2) is 5.29. The maximum Gasteiger partial charge on any atom is 0.344 e. The first-order valence-electron chi connectivity index (χ1n) is 4.54. The minimum Gasteiger partial charge on any atom is -0.480 e. The van der Waals surface area contributed by atoms with E-state index in [1.807, 2.05) is 0 Å². The molecule has 0 unspecified atom stereocenters. The highest BCUT2D eigenvalue weighted by molar-refractivity contribution is 5.71. The quantitative estimate of drug-likeness (QED) is 0.710. The lowest BCUT2D eigenvalue weighted by atomic mass is 10.3. The Morgan fingerprint density at radius 1 is 1.60 bits per heavy atom. The number of aromatic nitrogens is 1. The van der Waals surface area contributed by atoms with E-state index in [9.17, 15) is 9.18 Å². The number of carbonyl (C=O) groups excluding carboxylic acids is 1. The van der Waals surface area contributed by atoms with Gasteiger partial charge in [-0.25, -0.2) is 9.18 Å². The molecule has 0 aliphatic rings. The molecule has 1 aromatic heterocycles. The molecule has 1 rings (SSSR count). The summed E-state index contributed by atoms with van der Waals surface area (Å²) in [6.07, 6.45) is 1.36. The Labute approximate surface area is 87.0 Å². The highest BCUT2D eigenvalue weighted by atomic mass is 19.1. The molecular formula is C10H12FNO3. The van der Waals surface area contributed by atoms with E-state index < -0.39 is 11.8 Å². The number of hydrogen-bond donors (Lipinski definition) is 0. The summed E-state index contributed by atoms with van der Waals surface area (Å²) in [5, 5.41) is 0. The highest BCUT2D eigenvalue weighted by Gasteiger charge is 2.05. The summed E-state index contributed by atoms with van der Waals surface area (Å²) in [7, 11) is 0. The molecule has 0 aliphatic carbocycles. The molecule has 0 bridgehead atoms. The Hall–Kier alpha value is -1.65. The number of esters is 1. The minimum absolute atomic E-state index is 0.214. The van der Waals surface area contributed by atoms with Crippen LogP contribution in [0, 0.1) is 12.7 Å². The van der Waals surface area contributed by atoms with Crippen LogP contribution in [0.4, 0.5) is 4.39 Å². The molecule has 4 nitrogen and oxygen atoms in total. The zero-order valence-corrected chi connectivity index (χ0v) is 8.62. The van der Waals surface area contributed by atoms with E-state index in [0.717, 1.165) is 0 Å². The summed E-state index contributed by atoms with van der Waals surface area (Å²) in [5.41, 5.74) is 0.290. The molecule has 0 N–H and O–H groups in total. The summed E-state index contributed by atoms with van der Waals surface area (Å²) < 4.78 is 22.6. The predicted molar refractivity (Wildman–Crippen MR) is 51.1 cm³/mol. The van der Waals surface area contributed by atoms with Gasteiger partial charge in [0, 0.05) is 6.07 Å². The normalized spacial score (nSPS) is 9.80. The van der Waals surface area contributed by atoms with Crippen LogP contribution in [-0.2, 0) is 9.53 Å². The molecule has 0 saturated heterocycles. The number of aryl methyl sites for hydroxylation is 1. The molecule has 1 heterocycles. The van der Waals surface area contributed by atoms with Crippen molar-refractivity contribution in [1.82, 2.24) is 4.98 Å². The van der Waals surface area contributed by atoms with Gasteiger partial charge in [0.25, 0.3) is 0 Å². The van der Waals surface area contributed by atoms with Gasteiger partial charge in [-0.1, -0.05) is 0 Å². The molecule has 0 amide bonds.